The fraction of sp³-hybridized carbons (Fsp3) is 0.368. The highest BCUT2D eigenvalue weighted by molar-refractivity contribution is 5.94. The lowest BCUT2D eigenvalue weighted by Gasteiger charge is -2.32. The van der Waals surface area contributed by atoms with E-state index in [1.54, 1.807) is 24.3 Å². The minimum absolute atomic E-state index is 0.168. The highest BCUT2D eigenvalue weighted by Crippen LogP contribution is 2.14. The molecule has 1 aliphatic rings. The fourth-order valence-corrected chi connectivity index (χ4v) is 2.80. The Labute approximate surface area is 167 Å². The standard InChI is InChI=1S/C19H23N5O5/c1-22-8-10-23(11-9-22)12-13-28-16-4-2-15(3-5-16)19(25)21-20-14-17-6-7-18(29-17)24(26)27/h2-7,14H,8-13H2,1H3,(H,21,25)/b20-14+. The number of ether oxygens (including phenoxy) is 1. The molecule has 3 rings (SSSR count). The number of hydrazone groups is 1. The van der Waals surface area contributed by atoms with Crippen LogP contribution < -0.4 is 10.2 Å². The second-order valence-corrected chi connectivity index (χ2v) is 6.65. The average molecular weight is 401 g/mol. The first-order valence-corrected chi connectivity index (χ1v) is 9.22. The molecule has 2 aromatic rings. The molecule has 0 aliphatic carbocycles. The van der Waals surface area contributed by atoms with Gasteiger partial charge in [-0.3, -0.25) is 19.8 Å². The summed E-state index contributed by atoms with van der Waals surface area (Å²) in [6.07, 6.45) is 1.20. The van der Waals surface area contributed by atoms with E-state index in [1.807, 2.05) is 0 Å². The van der Waals surface area contributed by atoms with Crippen LogP contribution in [0.5, 0.6) is 5.75 Å². The molecular formula is C19H23N5O5. The summed E-state index contributed by atoms with van der Waals surface area (Å²) in [4.78, 5) is 26.7. The van der Waals surface area contributed by atoms with Crippen molar-refractivity contribution >= 4 is 18.0 Å². The topological polar surface area (TPSA) is 113 Å². The maximum Gasteiger partial charge on any atom is 0.433 e. The van der Waals surface area contributed by atoms with E-state index < -0.39 is 10.8 Å². The number of likely N-dealkylation sites (N-methyl/N-ethyl adjacent to an activating group) is 1. The third-order valence-electron chi connectivity index (χ3n) is 4.54. The molecule has 10 nitrogen and oxygen atoms in total. The van der Waals surface area contributed by atoms with Gasteiger partial charge < -0.3 is 14.1 Å². The number of nitrogens with one attached hydrogen (secondary N) is 1. The molecule has 154 valence electrons. The van der Waals surface area contributed by atoms with Gasteiger partial charge in [-0.1, -0.05) is 0 Å². The van der Waals surface area contributed by atoms with Crippen molar-refractivity contribution in [3.05, 3.63) is 57.8 Å². The third-order valence-corrected chi connectivity index (χ3v) is 4.54. The van der Waals surface area contributed by atoms with E-state index in [-0.39, 0.29) is 11.6 Å². The molecule has 0 atom stereocenters. The zero-order valence-corrected chi connectivity index (χ0v) is 16.1. The Morgan fingerprint density at radius 2 is 1.97 bits per heavy atom. The third kappa shape index (κ3) is 6.13. The maximum absolute atomic E-state index is 12.1. The van der Waals surface area contributed by atoms with Gasteiger partial charge in [0.2, 0.25) is 0 Å². The van der Waals surface area contributed by atoms with Crippen LogP contribution in [0.3, 0.4) is 0 Å². The lowest BCUT2D eigenvalue weighted by Crippen LogP contribution is -2.45. The van der Waals surface area contributed by atoms with Crippen LogP contribution in [-0.2, 0) is 0 Å². The molecule has 1 fully saturated rings. The summed E-state index contributed by atoms with van der Waals surface area (Å²) in [7, 11) is 2.12. The first kappa shape index (κ1) is 20.5. The minimum Gasteiger partial charge on any atom is -0.492 e. The molecule has 29 heavy (non-hydrogen) atoms. The van der Waals surface area contributed by atoms with Crippen LogP contribution in [0.15, 0.2) is 45.9 Å². The van der Waals surface area contributed by atoms with Gasteiger partial charge in [-0.2, -0.15) is 5.10 Å². The Kier molecular flexibility index (Phi) is 6.93. The van der Waals surface area contributed by atoms with E-state index >= 15 is 0 Å². The number of nitro groups is 1. The molecule has 2 heterocycles. The van der Waals surface area contributed by atoms with Gasteiger partial charge in [0.25, 0.3) is 5.91 Å². The molecule has 0 saturated carbocycles. The van der Waals surface area contributed by atoms with Crippen LogP contribution in [0, 0.1) is 10.1 Å². The quantitative estimate of drug-likeness (QED) is 0.406. The van der Waals surface area contributed by atoms with Gasteiger partial charge in [-0.05, 0) is 37.4 Å². The minimum atomic E-state index is -0.648. The van der Waals surface area contributed by atoms with Crippen LogP contribution in [0.4, 0.5) is 5.88 Å². The summed E-state index contributed by atoms with van der Waals surface area (Å²) in [5, 5.41) is 14.3. The first-order valence-electron chi connectivity index (χ1n) is 9.22. The summed E-state index contributed by atoms with van der Waals surface area (Å²) < 4.78 is 10.7. The Hall–Kier alpha value is -3.24. The van der Waals surface area contributed by atoms with E-state index in [9.17, 15) is 14.9 Å². The van der Waals surface area contributed by atoms with Crippen molar-refractivity contribution in [3.8, 4) is 5.75 Å². The maximum atomic E-state index is 12.1. The number of amides is 1. The summed E-state index contributed by atoms with van der Waals surface area (Å²) in [5.74, 6) is 0.0652. The van der Waals surface area contributed by atoms with E-state index in [1.165, 1.54) is 18.3 Å². The number of carbonyl (C=O) groups excluding carboxylic acids is 1. The van der Waals surface area contributed by atoms with Gasteiger partial charge in [0, 0.05) is 38.3 Å². The van der Waals surface area contributed by atoms with Crippen LogP contribution in [0.1, 0.15) is 16.1 Å². The van der Waals surface area contributed by atoms with Crippen molar-refractivity contribution in [1.82, 2.24) is 15.2 Å². The van der Waals surface area contributed by atoms with Crippen molar-refractivity contribution in [2.24, 2.45) is 5.10 Å². The first-order chi connectivity index (χ1) is 14.0. The van der Waals surface area contributed by atoms with Crippen molar-refractivity contribution in [2.75, 3.05) is 46.4 Å². The second-order valence-electron chi connectivity index (χ2n) is 6.65. The molecule has 0 bridgehead atoms. The lowest BCUT2D eigenvalue weighted by atomic mass is 10.2. The lowest BCUT2D eigenvalue weighted by molar-refractivity contribution is -0.402. The van der Waals surface area contributed by atoms with Crippen LogP contribution in [-0.4, -0.2) is 73.2 Å². The van der Waals surface area contributed by atoms with Crippen molar-refractivity contribution in [1.29, 1.82) is 0 Å². The highest BCUT2D eigenvalue weighted by Gasteiger charge is 2.13. The molecule has 1 N–H and O–H groups in total. The van der Waals surface area contributed by atoms with E-state index in [0.29, 0.717) is 17.9 Å². The number of nitrogens with zero attached hydrogens (tertiary/aromatic N) is 4. The van der Waals surface area contributed by atoms with Gasteiger partial charge in [-0.15, -0.1) is 0 Å². The molecular weight excluding hydrogens is 378 g/mol. The Morgan fingerprint density at radius 1 is 1.24 bits per heavy atom. The van der Waals surface area contributed by atoms with Crippen molar-refractivity contribution < 1.29 is 18.9 Å². The molecule has 10 heteroatoms. The summed E-state index contributed by atoms with van der Waals surface area (Å²) in [6.45, 7) is 5.70. The molecule has 0 spiro atoms. The molecule has 1 saturated heterocycles. The Bertz CT molecular complexity index is 856. The van der Waals surface area contributed by atoms with Crippen molar-refractivity contribution in [2.45, 2.75) is 0 Å². The molecule has 0 unspecified atom stereocenters. The Morgan fingerprint density at radius 3 is 2.62 bits per heavy atom. The normalized spacial score (nSPS) is 15.5. The molecule has 1 aromatic carbocycles. The van der Waals surface area contributed by atoms with E-state index in [2.05, 4.69) is 27.4 Å². The van der Waals surface area contributed by atoms with Gasteiger partial charge >= 0.3 is 5.88 Å². The predicted molar refractivity (Wildman–Crippen MR) is 106 cm³/mol. The van der Waals surface area contributed by atoms with Gasteiger partial charge in [0.1, 0.15) is 17.3 Å². The highest BCUT2D eigenvalue weighted by atomic mass is 16.6. The largest absolute Gasteiger partial charge is 0.492 e. The number of benzene rings is 1. The Balaban J connectivity index is 1.42. The molecule has 1 amide bonds. The zero-order chi connectivity index (χ0) is 20.6. The van der Waals surface area contributed by atoms with Crippen molar-refractivity contribution in [3.63, 3.8) is 0 Å². The van der Waals surface area contributed by atoms with Gasteiger partial charge in [-0.25, -0.2) is 5.43 Å². The van der Waals surface area contributed by atoms with Gasteiger partial charge in [0.05, 0.1) is 12.3 Å². The van der Waals surface area contributed by atoms with Gasteiger partial charge in [0.15, 0.2) is 5.76 Å². The fourth-order valence-electron chi connectivity index (χ4n) is 2.80. The number of hydrogen-bond donors (Lipinski definition) is 1. The van der Waals surface area contributed by atoms with E-state index in [0.717, 1.165) is 32.7 Å². The summed E-state index contributed by atoms with van der Waals surface area (Å²) in [6, 6.07) is 9.37. The summed E-state index contributed by atoms with van der Waals surface area (Å²) in [5.41, 5.74) is 2.76. The monoisotopic (exact) mass is 401 g/mol. The summed E-state index contributed by atoms with van der Waals surface area (Å²) >= 11 is 0. The van der Waals surface area contributed by atoms with Crippen LogP contribution >= 0.6 is 0 Å². The molecule has 1 aliphatic heterocycles. The molecule has 0 radical (unpaired) electrons. The number of carbonyl (C=O) groups is 1. The smallest absolute Gasteiger partial charge is 0.433 e. The number of furan rings is 1. The number of hydrogen-bond acceptors (Lipinski definition) is 8. The van der Waals surface area contributed by atoms with E-state index in [4.69, 9.17) is 9.15 Å². The number of rotatable bonds is 8. The van der Waals surface area contributed by atoms with Crippen LogP contribution in [0.25, 0.3) is 0 Å². The van der Waals surface area contributed by atoms with Crippen LogP contribution in [0.2, 0.25) is 0 Å². The zero-order valence-electron chi connectivity index (χ0n) is 16.1. The SMILES string of the molecule is CN1CCN(CCOc2ccc(C(=O)N/N=C/c3ccc([N+](=O)[O-])o3)cc2)CC1. The molecule has 1 aromatic heterocycles. The predicted octanol–water partition coefficient (Wildman–Crippen LogP) is 1.58. The average Bonchev–Trinajstić information content (AvgIpc) is 3.19. The second kappa shape index (κ2) is 9.80. The number of piperazine rings is 1.